The Balaban J connectivity index is 1.74. The molecule has 0 saturated carbocycles. The number of H-pyrrole nitrogens is 1. The van der Waals surface area contributed by atoms with E-state index in [9.17, 15) is 14.7 Å². The van der Waals surface area contributed by atoms with Gasteiger partial charge in [0.05, 0.1) is 17.8 Å². The van der Waals surface area contributed by atoms with Crippen molar-refractivity contribution >= 4 is 5.97 Å². The first-order valence-corrected chi connectivity index (χ1v) is 11.3. The van der Waals surface area contributed by atoms with Gasteiger partial charge in [-0.1, -0.05) is 62.7 Å². The molecule has 9 heteroatoms. The zero-order chi connectivity index (χ0) is 24.1. The summed E-state index contributed by atoms with van der Waals surface area (Å²) in [6.07, 6.45) is 3.18. The van der Waals surface area contributed by atoms with Crippen LogP contribution in [0.15, 0.2) is 53.3 Å². The van der Waals surface area contributed by atoms with Crippen LogP contribution in [0.4, 0.5) is 0 Å². The summed E-state index contributed by atoms with van der Waals surface area (Å²) >= 11 is 0. The molecule has 4 rings (SSSR count). The Kier molecular flexibility index (Phi) is 6.91. The van der Waals surface area contributed by atoms with Crippen LogP contribution in [0.1, 0.15) is 54.1 Å². The third-order valence-corrected chi connectivity index (χ3v) is 5.74. The van der Waals surface area contributed by atoms with E-state index in [-0.39, 0.29) is 16.9 Å². The Morgan fingerprint density at radius 2 is 1.85 bits per heavy atom. The predicted octanol–water partition coefficient (Wildman–Crippen LogP) is 3.74. The lowest BCUT2D eigenvalue weighted by Crippen LogP contribution is -2.29. The maximum absolute atomic E-state index is 13.6. The van der Waals surface area contributed by atoms with Crippen LogP contribution in [0.5, 0.6) is 0 Å². The Morgan fingerprint density at radius 1 is 1.09 bits per heavy atom. The van der Waals surface area contributed by atoms with Gasteiger partial charge in [-0.15, -0.1) is 10.2 Å². The quantitative estimate of drug-likeness (QED) is 0.391. The minimum absolute atomic E-state index is 0.195. The second-order valence-electron chi connectivity index (χ2n) is 7.98. The monoisotopic (exact) mass is 458 g/mol. The summed E-state index contributed by atoms with van der Waals surface area (Å²) in [4.78, 5) is 30.0. The Labute approximate surface area is 196 Å². The minimum Gasteiger partial charge on any atom is -0.478 e. The molecule has 0 spiro atoms. The van der Waals surface area contributed by atoms with Gasteiger partial charge in [-0.2, -0.15) is 5.21 Å². The molecule has 0 unspecified atom stereocenters. The Morgan fingerprint density at radius 3 is 2.50 bits per heavy atom. The van der Waals surface area contributed by atoms with Crippen LogP contribution in [0.25, 0.3) is 22.5 Å². The number of nitrogens with one attached hydrogen (secondary N) is 1. The van der Waals surface area contributed by atoms with E-state index in [2.05, 4.69) is 27.5 Å². The van der Waals surface area contributed by atoms with Gasteiger partial charge in [-0.25, -0.2) is 9.78 Å². The average molecular weight is 459 g/mol. The summed E-state index contributed by atoms with van der Waals surface area (Å²) in [6, 6.07) is 14.5. The van der Waals surface area contributed by atoms with E-state index in [1.807, 2.05) is 37.3 Å². The third kappa shape index (κ3) is 4.63. The molecule has 4 aromatic rings. The number of aromatic amines is 1. The fourth-order valence-corrected chi connectivity index (χ4v) is 3.98. The molecule has 0 bridgehead atoms. The average Bonchev–Trinajstić information content (AvgIpc) is 3.39. The fraction of sp³-hybridized carbons (Fsp3) is 0.280. The summed E-state index contributed by atoms with van der Waals surface area (Å²) in [5.74, 6) is 0.00453. The number of hydrogen-bond donors (Lipinski definition) is 2. The van der Waals surface area contributed by atoms with Crippen molar-refractivity contribution in [2.45, 2.75) is 46.1 Å². The van der Waals surface area contributed by atoms with E-state index in [0.29, 0.717) is 36.2 Å². The number of carboxylic acid groups (broad SMARTS) is 1. The summed E-state index contributed by atoms with van der Waals surface area (Å²) < 4.78 is 1.68. The number of unbranched alkanes of at least 4 members (excludes halogenated alkanes) is 1. The van der Waals surface area contributed by atoms with Gasteiger partial charge >= 0.3 is 5.97 Å². The second kappa shape index (κ2) is 10.2. The van der Waals surface area contributed by atoms with Crippen molar-refractivity contribution in [3.63, 3.8) is 0 Å². The van der Waals surface area contributed by atoms with Gasteiger partial charge in [0.1, 0.15) is 11.4 Å². The maximum atomic E-state index is 13.6. The van der Waals surface area contributed by atoms with Gasteiger partial charge < -0.3 is 5.11 Å². The smallest absolute Gasteiger partial charge is 0.336 e. The molecule has 174 valence electrons. The topological polar surface area (TPSA) is 127 Å². The number of aryl methyl sites for hydroxylation is 2. The molecular weight excluding hydrogens is 432 g/mol. The van der Waals surface area contributed by atoms with Crippen LogP contribution in [-0.2, 0) is 19.4 Å². The minimum atomic E-state index is -0.970. The van der Waals surface area contributed by atoms with Gasteiger partial charge in [-0.05, 0) is 40.8 Å². The lowest BCUT2D eigenvalue weighted by molar-refractivity contribution is 0.0697. The van der Waals surface area contributed by atoms with Crippen LogP contribution in [0, 0.1) is 0 Å². The molecule has 34 heavy (non-hydrogen) atoms. The second-order valence-corrected chi connectivity index (χ2v) is 7.98. The van der Waals surface area contributed by atoms with Crippen molar-refractivity contribution < 1.29 is 9.90 Å². The number of carbonyl (C=O) groups is 1. The molecule has 0 amide bonds. The molecule has 0 radical (unpaired) electrons. The number of hydrogen-bond acceptors (Lipinski definition) is 6. The highest BCUT2D eigenvalue weighted by Crippen LogP contribution is 2.24. The summed E-state index contributed by atoms with van der Waals surface area (Å²) in [6.45, 7) is 4.39. The number of carboxylic acids is 1. The fourth-order valence-electron chi connectivity index (χ4n) is 3.98. The van der Waals surface area contributed by atoms with E-state index in [0.717, 1.165) is 29.8 Å². The van der Waals surface area contributed by atoms with E-state index >= 15 is 0 Å². The van der Waals surface area contributed by atoms with E-state index in [4.69, 9.17) is 4.98 Å². The molecule has 0 aliphatic heterocycles. The number of benzene rings is 2. The van der Waals surface area contributed by atoms with Crippen molar-refractivity contribution in [2.75, 3.05) is 0 Å². The predicted molar refractivity (Wildman–Crippen MR) is 128 cm³/mol. The van der Waals surface area contributed by atoms with Crippen molar-refractivity contribution in [1.29, 1.82) is 0 Å². The van der Waals surface area contributed by atoms with Gasteiger partial charge in [0.15, 0.2) is 0 Å². The molecule has 0 saturated heterocycles. The van der Waals surface area contributed by atoms with Gasteiger partial charge in [0.25, 0.3) is 5.56 Å². The molecule has 0 aliphatic rings. The van der Waals surface area contributed by atoms with Crippen molar-refractivity contribution in [2.24, 2.45) is 0 Å². The molecule has 2 heterocycles. The van der Waals surface area contributed by atoms with Crippen LogP contribution < -0.4 is 5.56 Å². The normalized spacial score (nSPS) is 11.0. The van der Waals surface area contributed by atoms with Gasteiger partial charge in [0.2, 0.25) is 5.82 Å². The van der Waals surface area contributed by atoms with Crippen molar-refractivity contribution in [3.05, 3.63) is 81.5 Å². The first-order chi connectivity index (χ1) is 16.5. The zero-order valence-electron chi connectivity index (χ0n) is 19.2. The standard InChI is InChI=1S/C25H26N6O3/c1-3-5-10-21-26-20(4-2)22(23-27-29-30-28-23)24(32)31(21)15-16-11-13-17(14-12-16)18-8-6-7-9-19(18)25(33)34/h6-9,11-14H,3-5,10,15H2,1-2H3,(H,33,34)(H,27,28,29,30). The lowest BCUT2D eigenvalue weighted by Gasteiger charge is -2.16. The summed E-state index contributed by atoms with van der Waals surface area (Å²) in [5, 5.41) is 23.5. The molecule has 0 fully saturated rings. The molecule has 0 atom stereocenters. The lowest BCUT2D eigenvalue weighted by atomic mass is 9.98. The Hall–Kier alpha value is -4.14. The van der Waals surface area contributed by atoms with E-state index in [1.165, 1.54) is 0 Å². The molecule has 0 aliphatic carbocycles. The van der Waals surface area contributed by atoms with E-state index in [1.54, 1.807) is 22.8 Å². The van der Waals surface area contributed by atoms with Crippen LogP contribution in [0.2, 0.25) is 0 Å². The van der Waals surface area contributed by atoms with Crippen molar-refractivity contribution in [3.8, 4) is 22.5 Å². The number of rotatable bonds is 9. The van der Waals surface area contributed by atoms with Gasteiger partial charge in [0, 0.05) is 6.42 Å². The van der Waals surface area contributed by atoms with Crippen LogP contribution in [0.3, 0.4) is 0 Å². The number of aromatic carboxylic acids is 1. The van der Waals surface area contributed by atoms with Gasteiger partial charge in [-0.3, -0.25) is 9.36 Å². The Bertz CT molecular complexity index is 1340. The summed E-state index contributed by atoms with van der Waals surface area (Å²) in [5.41, 5.74) is 3.43. The molecule has 2 aromatic carbocycles. The molecule has 9 nitrogen and oxygen atoms in total. The first-order valence-electron chi connectivity index (χ1n) is 11.3. The molecular formula is C25H26N6O3. The highest BCUT2D eigenvalue weighted by atomic mass is 16.4. The van der Waals surface area contributed by atoms with Crippen LogP contribution in [-0.4, -0.2) is 41.3 Å². The molecule has 2 N–H and O–H groups in total. The summed E-state index contributed by atoms with van der Waals surface area (Å²) in [7, 11) is 0. The highest BCUT2D eigenvalue weighted by molar-refractivity contribution is 5.95. The van der Waals surface area contributed by atoms with Crippen molar-refractivity contribution in [1.82, 2.24) is 30.2 Å². The first kappa shape index (κ1) is 23.0. The zero-order valence-corrected chi connectivity index (χ0v) is 19.2. The maximum Gasteiger partial charge on any atom is 0.336 e. The number of aromatic nitrogens is 6. The molecule has 2 aromatic heterocycles. The van der Waals surface area contributed by atoms with E-state index < -0.39 is 5.97 Å². The highest BCUT2D eigenvalue weighted by Gasteiger charge is 2.20. The third-order valence-electron chi connectivity index (χ3n) is 5.74. The largest absolute Gasteiger partial charge is 0.478 e. The number of nitrogens with zero attached hydrogens (tertiary/aromatic N) is 5. The SMILES string of the molecule is CCCCc1nc(CC)c(-c2nn[nH]n2)c(=O)n1Cc1ccc(-c2ccccc2C(=O)O)cc1. The van der Waals surface area contributed by atoms with Crippen LogP contribution >= 0.6 is 0 Å². The number of tetrazole rings is 1.